The maximum Gasteiger partial charge on any atom is 0.418 e. The average molecular weight is 762 g/mol. The fraction of sp³-hybridized carbons (Fsp3) is 0.469. The topological polar surface area (TPSA) is 277 Å². The van der Waals surface area contributed by atoms with Gasteiger partial charge in [-0.15, -0.1) is 15.6 Å². The molecule has 1 fully saturated rings. The third-order valence-corrected chi connectivity index (χ3v) is 10.4. The van der Waals surface area contributed by atoms with Crippen molar-refractivity contribution < 1.29 is 50.9 Å². The minimum Gasteiger partial charge on any atom is -0.485 e. The van der Waals surface area contributed by atoms with Gasteiger partial charge < -0.3 is 31.9 Å². The van der Waals surface area contributed by atoms with Gasteiger partial charge in [0.25, 0.3) is 17.3 Å². The molecule has 8 N–H and O–H groups in total. The Labute approximate surface area is 303 Å². The number of nitrogens with two attached hydrogens (primary N) is 3. The molecule has 0 radical (unpaired) electrons. The van der Waals surface area contributed by atoms with E-state index in [1.807, 2.05) is 29.9 Å². The maximum atomic E-state index is 13.6. The second-order valence-corrected chi connectivity index (χ2v) is 15.3. The number of aromatic nitrogens is 3. The molecule has 2 aromatic heterocycles. The number of anilines is 1. The first-order valence-corrected chi connectivity index (χ1v) is 18.4. The molecule has 0 saturated carbocycles. The first kappa shape index (κ1) is 38.6. The van der Waals surface area contributed by atoms with Gasteiger partial charge in [-0.1, -0.05) is 16.2 Å². The molecule has 1 amide bonds. The molecule has 2 aliphatic heterocycles. The molecule has 280 valence electrons. The number of ketones is 1. The van der Waals surface area contributed by atoms with E-state index < -0.39 is 63.4 Å². The van der Waals surface area contributed by atoms with Gasteiger partial charge >= 0.3 is 16.4 Å². The van der Waals surface area contributed by atoms with Crippen molar-refractivity contribution in [3.8, 4) is 16.9 Å². The number of benzene rings is 1. The quantitative estimate of drug-likeness (QED) is 0.0466. The number of oxime groups is 1. The van der Waals surface area contributed by atoms with Gasteiger partial charge in [0.2, 0.25) is 0 Å². The Morgan fingerprint density at radius 3 is 2.56 bits per heavy atom. The number of hydroxylamine groups is 2. The summed E-state index contributed by atoms with van der Waals surface area (Å²) in [6, 6.07) is 5.54. The number of Topliss-reactive ketones (excluding diaryl/α,β-unsaturated/α-hetero) is 1. The molecule has 0 spiro atoms. The highest BCUT2D eigenvalue weighted by Crippen LogP contribution is 2.41. The normalized spacial score (nSPS) is 19.7. The standard InChI is InChI=1S/C32H40N8O10S2/c1-31(2)21(28(42)40(31)50-52(45,46)47)11-23(41)27(22-16-51-30(35)37-22)38-49-32(3,29(43)44)25-8-6-19-10-18(5-7-24(19)48-25)20-14-36-26(39(4)15-20)9-17(12-33)13-34/h5,7,10,14-17,21,25H,6,8-9,11-13,33-34H2,1-4H3,(H3-,35,37,43,44,45,46,47)/p+1/b38-27-/t21-,25-,32+/m1/s1. The van der Waals surface area contributed by atoms with E-state index in [0.29, 0.717) is 36.7 Å². The van der Waals surface area contributed by atoms with E-state index in [4.69, 9.17) is 31.3 Å². The number of fused-ring (bicyclic) bond motifs is 1. The predicted octanol–water partition coefficient (Wildman–Crippen LogP) is 0.576. The summed E-state index contributed by atoms with van der Waals surface area (Å²) in [5.74, 6) is -2.73. The number of thiazole rings is 1. The number of amides is 1. The smallest absolute Gasteiger partial charge is 0.418 e. The van der Waals surface area contributed by atoms with Crippen molar-refractivity contribution in [1.82, 2.24) is 15.0 Å². The Balaban J connectivity index is 1.35. The summed E-state index contributed by atoms with van der Waals surface area (Å²) in [4.78, 5) is 53.4. The van der Waals surface area contributed by atoms with E-state index in [2.05, 4.69) is 19.4 Å². The van der Waals surface area contributed by atoms with Crippen LogP contribution >= 0.6 is 11.3 Å². The first-order valence-electron chi connectivity index (χ1n) is 16.2. The molecule has 2 aliphatic rings. The van der Waals surface area contributed by atoms with E-state index in [0.717, 1.165) is 33.9 Å². The average Bonchev–Trinajstić information content (AvgIpc) is 3.53. The van der Waals surface area contributed by atoms with Crippen molar-refractivity contribution in [2.75, 3.05) is 18.8 Å². The number of nitrogen functional groups attached to an aromatic ring is 1. The summed E-state index contributed by atoms with van der Waals surface area (Å²) in [6.45, 7) is 5.07. The number of carbonyl (C=O) groups excluding carboxylic acids is 2. The Bertz CT molecular complexity index is 2020. The molecule has 0 bridgehead atoms. The van der Waals surface area contributed by atoms with Gasteiger partial charge in [0.15, 0.2) is 28.9 Å². The summed E-state index contributed by atoms with van der Waals surface area (Å²) < 4.78 is 43.9. The van der Waals surface area contributed by atoms with E-state index >= 15 is 0 Å². The molecule has 18 nitrogen and oxygen atoms in total. The van der Waals surface area contributed by atoms with Gasteiger partial charge in [0.05, 0.1) is 30.5 Å². The molecule has 52 heavy (non-hydrogen) atoms. The van der Waals surface area contributed by atoms with Gasteiger partial charge in [0, 0.05) is 11.8 Å². The van der Waals surface area contributed by atoms with Gasteiger partial charge in [-0.2, -0.15) is 13.5 Å². The van der Waals surface area contributed by atoms with Crippen LogP contribution in [-0.4, -0.2) is 86.8 Å². The lowest BCUT2D eigenvalue weighted by Gasteiger charge is -2.50. The van der Waals surface area contributed by atoms with E-state index in [-0.39, 0.29) is 23.2 Å². The zero-order valence-electron chi connectivity index (χ0n) is 28.9. The van der Waals surface area contributed by atoms with Crippen molar-refractivity contribution in [3.05, 3.63) is 53.1 Å². The zero-order valence-corrected chi connectivity index (χ0v) is 30.5. The fourth-order valence-electron chi connectivity index (χ4n) is 6.04. The summed E-state index contributed by atoms with van der Waals surface area (Å²) >= 11 is 0.994. The highest BCUT2D eigenvalue weighted by atomic mass is 32.3. The minimum atomic E-state index is -5.01. The Kier molecular flexibility index (Phi) is 11.0. The van der Waals surface area contributed by atoms with Crippen molar-refractivity contribution in [1.29, 1.82) is 0 Å². The Morgan fingerprint density at radius 1 is 1.27 bits per heavy atom. The van der Waals surface area contributed by atoms with Crippen molar-refractivity contribution >= 4 is 50.2 Å². The van der Waals surface area contributed by atoms with E-state index in [1.165, 1.54) is 26.2 Å². The van der Waals surface area contributed by atoms with Crippen LogP contribution < -0.4 is 26.5 Å². The van der Waals surface area contributed by atoms with E-state index in [9.17, 15) is 27.9 Å². The number of aliphatic carboxylic acids is 1. The van der Waals surface area contributed by atoms with Crippen molar-refractivity contribution in [2.24, 2.45) is 35.5 Å². The van der Waals surface area contributed by atoms with Crippen LogP contribution in [0.4, 0.5) is 5.13 Å². The van der Waals surface area contributed by atoms with Crippen LogP contribution in [0.25, 0.3) is 11.1 Å². The number of carbonyl (C=O) groups is 3. The second kappa shape index (κ2) is 14.8. The van der Waals surface area contributed by atoms with Crippen LogP contribution in [0, 0.1) is 11.8 Å². The molecule has 3 aromatic rings. The highest BCUT2D eigenvalue weighted by Gasteiger charge is 2.58. The fourth-order valence-corrected chi connectivity index (χ4v) is 7.04. The number of nitrogens with zero attached hydrogens (tertiary/aromatic N) is 5. The van der Waals surface area contributed by atoms with Crippen molar-refractivity contribution in [3.63, 3.8) is 0 Å². The second-order valence-electron chi connectivity index (χ2n) is 13.4. The van der Waals surface area contributed by atoms with Gasteiger partial charge in [-0.05, 0) is 75.9 Å². The van der Waals surface area contributed by atoms with Crippen LogP contribution in [0.2, 0.25) is 0 Å². The molecule has 1 aromatic carbocycles. The number of aryl methyl sites for hydroxylation is 2. The zero-order chi connectivity index (χ0) is 38.2. The number of carboxylic acids is 1. The van der Waals surface area contributed by atoms with Crippen LogP contribution in [0.5, 0.6) is 5.75 Å². The van der Waals surface area contributed by atoms with Crippen LogP contribution in [-0.2, 0) is 53.8 Å². The molecule has 5 rings (SSSR count). The lowest BCUT2D eigenvalue weighted by Crippen LogP contribution is -2.68. The molecular formula is C32H41N8O10S2+. The van der Waals surface area contributed by atoms with Crippen LogP contribution in [0.15, 0.2) is 41.1 Å². The SMILES string of the molecule is C[n+]1cc(-c2ccc3c(c2)CC[C@H]([C@](C)(O/N=C(\C(=O)C[C@@H]2C(=O)N(OS(=O)(=O)O)C2(C)C)c2csc(N)n2)C(=O)O)O3)cnc1CC(CN)CN. The highest BCUT2D eigenvalue weighted by molar-refractivity contribution is 7.80. The Morgan fingerprint density at radius 2 is 1.98 bits per heavy atom. The molecule has 4 heterocycles. The van der Waals surface area contributed by atoms with Gasteiger partial charge in [-0.25, -0.2) is 14.3 Å². The lowest BCUT2D eigenvalue weighted by atomic mass is 9.74. The van der Waals surface area contributed by atoms with Gasteiger partial charge in [-0.3, -0.25) is 14.1 Å². The van der Waals surface area contributed by atoms with Crippen LogP contribution in [0.1, 0.15) is 50.7 Å². The number of β-lactam (4-membered cyclic amide) rings is 1. The van der Waals surface area contributed by atoms with Crippen molar-refractivity contribution in [2.45, 2.75) is 63.7 Å². The number of rotatable bonds is 15. The molecule has 3 atom stereocenters. The lowest BCUT2D eigenvalue weighted by molar-refractivity contribution is -0.682. The monoisotopic (exact) mass is 761 g/mol. The summed E-state index contributed by atoms with van der Waals surface area (Å²) in [7, 11) is -3.10. The summed E-state index contributed by atoms with van der Waals surface area (Å²) in [5.41, 5.74) is 16.2. The maximum absolute atomic E-state index is 13.6. The number of carboxylic acid groups (broad SMARTS) is 1. The summed E-state index contributed by atoms with van der Waals surface area (Å²) in [5, 5.41) is 16.3. The Hall–Kier alpha value is -4.60. The molecule has 0 aliphatic carbocycles. The van der Waals surface area contributed by atoms with E-state index in [1.54, 1.807) is 12.3 Å². The third kappa shape index (κ3) is 7.91. The molecule has 20 heteroatoms. The first-order chi connectivity index (χ1) is 24.4. The molecule has 0 unspecified atom stereocenters. The van der Waals surface area contributed by atoms with Crippen LogP contribution in [0.3, 0.4) is 0 Å². The molecular weight excluding hydrogens is 721 g/mol. The molecule has 1 saturated heterocycles. The predicted molar refractivity (Wildman–Crippen MR) is 186 cm³/mol. The number of ether oxygens (including phenoxy) is 1. The number of hydrogen-bond acceptors (Lipinski definition) is 15. The number of hydrogen-bond donors (Lipinski definition) is 5. The summed E-state index contributed by atoms with van der Waals surface area (Å²) in [6.07, 6.45) is 3.51. The third-order valence-electron chi connectivity index (χ3n) is 9.40. The largest absolute Gasteiger partial charge is 0.485 e. The van der Waals surface area contributed by atoms with Gasteiger partial charge in [0.1, 0.15) is 17.6 Å². The minimum absolute atomic E-state index is 0.0206.